The minimum absolute atomic E-state index is 0.0391. The fourth-order valence-corrected chi connectivity index (χ4v) is 3.17. The van der Waals surface area contributed by atoms with Crippen LogP contribution in [0.25, 0.3) is 0 Å². The molecule has 1 aromatic rings. The normalized spacial score (nSPS) is 23.4. The number of aromatic nitrogens is 4. The Labute approximate surface area is 109 Å². The van der Waals surface area contributed by atoms with Crippen molar-refractivity contribution in [2.75, 3.05) is 5.75 Å². The summed E-state index contributed by atoms with van der Waals surface area (Å²) < 4.78 is 33.6. The van der Waals surface area contributed by atoms with Gasteiger partial charge in [-0.1, -0.05) is 0 Å². The van der Waals surface area contributed by atoms with Gasteiger partial charge in [0.2, 0.25) is 5.91 Å². The molecule has 1 N–H and O–H groups in total. The van der Waals surface area contributed by atoms with Crippen LogP contribution in [0.2, 0.25) is 0 Å². The van der Waals surface area contributed by atoms with Crippen molar-refractivity contribution in [3.8, 4) is 0 Å². The van der Waals surface area contributed by atoms with Gasteiger partial charge >= 0.3 is 10.2 Å². The Morgan fingerprint density at radius 1 is 1.47 bits per heavy atom. The summed E-state index contributed by atoms with van der Waals surface area (Å²) in [4.78, 5) is 12.8. The fraction of sp³-hybridized carbons (Fsp3) is 0.778. The Hall–Kier alpha value is -1.58. The summed E-state index contributed by atoms with van der Waals surface area (Å²) >= 11 is 0. The topological polar surface area (TPSA) is 107 Å². The third-order valence-electron chi connectivity index (χ3n) is 3.02. The number of hydrogen-bond donors (Lipinski definition) is 1. The van der Waals surface area contributed by atoms with Crippen LogP contribution in [0.5, 0.6) is 0 Å². The molecule has 1 saturated carbocycles. The lowest BCUT2D eigenvalue weighted by Gasteiger charge is -2.12. The van der Waals surface area contributed by atoms with Crippen LogP contribution in [0.3, 0.4) is 0 Å². The molecule has 0 unspecified atom stereocenters. The van der Waals surface area contributed by atoms with Gasteiger partial charge in [-0.15, -0.1) is 14.1 Å². The molecule has 2 rings (SSSR count). The first kappa shape index (κ1) is 13.8. The van der Waals surface area contributed by atoms with Crippen molar-refractivity contribution in [1.82, 2.24) is 25.5 Å². The van der Waals surface area contributed by atoms with Gasteiger partial charge < -0.3 is 5.32 Å². The second-order valence-electron chi connectivity index (χ2n) is 4.62. The highest BCUT2D eigenvalue weighted by atomic mass is 32.3. The zero-order chi connectivity index (χ0) is 13.9. The maximum absolute atomic E-state index is 12.5. The monoisotopic (exact) mass is 291 g/mol. The number of nitrogens with one attached hydrogen (secondary N) is 1. The maximum atomic E-state index is 12.5. The van der Waals surface area contributed by atoms with Crippen molar-refractivity contribution in [2.45, 2.75) is 31.8 Å². The molecule has 2 atom stereocenters. The van der Waals surface area contributed by atoms with E-state index in [0.29, 0.717) is 19.3 Å². The van der Waals surface area contributed by atoms with Crippen molar-refractivity contribution in [3.05, 3.63) is 6.33 Å². The molecule has 106 valence electrons. The lowest BCUT2D eigenvalue weighted by Crippen LogP contribution is -2.36. The van der Waals surface area contributed by atoms with E-state index in [9.17, 15) is 17.1 Å². The van der Waals surface area contributed by atoms with E-state index in [1.165, 1.54) is 6.33 Å². The number of rotatable bonds is 5. The highest BCUT2D eigenvalue weighted by Crippen LogP contribution is 2.27. The van der Waals surface area contributed by atoms with Gasteiger partial charge in [0.15, 0.2) is 6.33 Å². The van der Waals surface area contributed by atoms with Crippen molar-refractivity contribution in [2.24, 2.45) is 5.92 Å². The molecule has 0 aliphatic heterocycles. The second-order valence-corrected chi connectivity index (χ2v) is 6.03. The van der Waals surface area contributed by atoms with Crippen LogP contribution in [0.4, 0.5) is 3.89 Å². The third kappa shape index (κ3) is 4.54. The highest BCUT2D eigenvalue weighted by molar-refractivity contribution is 7.86. The van der Waals surface area contributed by atoms with Crippen molar-refractivity contribution < 1.29 is 17.1 Å². The quantitative estimate of drug-likeness (QED) is 0.716. The Balaban J connectivity index is 1.77. The standard InChI is InChI=1S/C9H14FN5O3S/c10-19(17,18)5-7-1-2-8(3-7)13-9(16)4-15-12-6-11-14-15/h6-8H,1-5H2,(H,13,16)/t7-,8+/m1/s1. The van der Waals surface area contributed by atoms with E-state index in [2.05, 4.69) is 20.7 Å². The maximum Gasteiger partial charge on any atom is 0.302 e. The molecule has 1 aliphatic rings. The van der Waals surface area contributed by atoms with Crippen LogP contribution < -0.4 is 5.32 Å². The number of amides is 1. The summed E-state index contributed by atoms with van der Waals surface area (Å²) in [6, 6.07) is -0.122. The largest absolute Gasteiger partial charge is 0.352 e. The Kier molecular flexibility index (Phi) is 4.08. The summed E-state index contributed by atoms with van der Waals surface area (Å²) in [5, 5.41) is 13.5. The molecular weight excluding hydrogens is 277 g/mol. The van der Waals surface area contributed by atoms with Gasteiger partial charge in [0, 0.05) is 6.04 Å². The van der Waals surface area contributed by atoms with Gasteiger partial charge in [0.05, 0.1) is 5.75 Å². The number of hydrogen-bond acceptors (Lipinski definition) is 6. The molecule has 1 fully saturated rings. The highest BCUT2D eigenvalue weighted by Gasteiger charge is 2.29. The zero-order valence-electron chi connectivity index (χ0n) is 10.1. The Morgan fingerprint density at radius 3 is 2.89 bits per heavy atom. The lowest BCUT2D eigenvalue weighted by molar-refractivity contribution is -0.122. The summed E-state index contributed by atoms with van der Waals surface area (Å²) in [5.41, 5.74) is 0. The minimum atomic E-state index is -4.45. The van der Waals surface area contributed by atoms with E-state index < -0.39 is 16.0 Å². The third-order valence-corrected chi connectivity index (χ3v) is 3.89. The molecule has 0 saturated heterocycles. The fourth-order valence-electron chi connectivity index (χ4n) is 2.30. The van der Waals surface area contributed by atoms with Crippen LogP contribution in [0.15, 0.2) is 6.33 Å². The SMILES string of the molecule is O=C(Cn1ncnn1)N[C@H]1CC[C@@H](CS(=O)(=O)F)C1. The van der Waals surface area contributed by atoms with Crippen LogP contribution >= 0.6 is 0 Å². The van der Waals surface area contributed by atoms with Crippen LogP contribution in [-0.4, -0.2) is 46.3 Å². The van der Waals surface area contributed by atoms with E-state index >= 15 is 0 Å². The second kappa shape index (κ2) is 5.59. The molecule has 0 radical (unpaired) electrons. The zero-order valence-corrected chi connectivity index (χ0v) is 10.9. The molecule has 0 aromatic carbocycles. The molecule has 0 spiro atoms. The number of nitrogens with zero attached hydrogens (tertiary/aromatic N) is 4. The molecule has 8 nitrogen and oxygen atoms in total. The van der Waals surface area contributed by atoms with Gasteiger partial charge in [-0.3, -0.25) is 4.79 Å². The summed E-state index contributed by atoms with van der Waals surface area (Å²) in [7, 11) is -4.45. The van der Waals surface area contributed by atoms with Crippen LogP contribution in [0, 0.1) is 5.92 Å². The van der Waals surface area contributed by atoms with Gasteiger partial charge in [-0.05, 0) is 30.4 Å². The molecular formula is C9H14FN5O3S. The summed E-state index contributed by atoms with van der Waals surface area (Å²) in [6.07, 6.45) is 2.94. The lowest BCUT2D eigenvalue weighted by atomic mass is 10.1. The smallest absolute Gasteiger partial charge is 0.302 e. The van der Waals surface area contributed by atoms with E-state index in [0.717, 1.165) is 4.80 Å². The van der Waals surface area contributed by atoms with Crippen molar-refractivity contribution in [1.29, 1.82) is 0 Å². The predicted molar refractivity (Wildman–Crippen MR) is 62.0 cm³/mol. The van der Waals surface area contributed by atoms with E-state index in [1.807, 2.05) is 0 Å². The first-order chi connectivity index (χ1) is 8.92. The molecule has 19 heavy (non-hydrogen) atoms. The molecule has 10 heteroatoms. The predicted octanol–water partition coefficient (Wildman–Crippen LogP) is -0.743. The van der Waals surface area contributed by atoms with Crippen molar-refractivity contribution in [3.63, 3.8) is 0 Å². The van der Waals surface area contributed by atoms with Gasteiger partial charge in [-0.2, -0.15) is 13.2 Å². The number of carbonyl (C=O) groups excluding carboxylic acids is 1. The first-order valence-corrected chi connectivity index (χ1v) is 7.40. The molecule has 0 bridgehead atoms. The van der Waals surface area contributed by atoms with E-state index in [4.69, 9.17) is 0 Å². The molecule has 1 aromatic heterocycles. The number of carbonyl (C=O) groups is 1. The van der Waals surface area contributed by atoms with Crippen LogP contribution in [0.1, 0.15) is 19.3 Å². The number of halogens is 1. The molecule has 1 aliphatic carbocycles. The van der Waals surface area contributed by atoms with Crippen LogP contribution in [-0.2, 0) is 21.6 Å². The summed E-state index contributed by atoms with van der Waals surface area (Å²) in [5.74, 6) is -0.971. The Morgan fingerprint density at radius 2 is 2.26 bits per heavy atom. The van der Waals surface area contributed by atoms with Crippen molar-refractivity contribution >= 4 is 16.1 Å². The average molecular weight is 291 g/mol. The molecule has 1 amide bonds. The number of tetrazole rings is 1. The van der Waals surface area contributed by atoms with E-state index in [1.54, 1.807) is 0 Å². The first-order valence-electron chi connectivity index (χ1n) is 5.85. The minimum Gasteiger partial charge on any atom is -0.352 e. The molecule has 1 heterocycles. The van der Waals surface area contributed by atoms with Gasteiger partial charge in [-0.25, -0.2) is 0 Å². The van der Waals surface area contributed by atoms with E-state index in [-0.39, 0.29) is 24.4 Å². The average Bonchev–Trinajstić information content (AvgIpc) is 2.88. The Bertz CT molecular complexity index is 532. The van der Waals surface area contributed by atoms with Gasteiger partial charge in [0.25, 0.3) is 0 Å². The summed E-state index contributed by atoms with van der Waals surface area (Å²) in [6.45, 7) is -0.0391. The van der Waals surface area contributed by atoms with Gasteiger partial charge in [0.1, 0.15) is 6.54 Å².